The summed E-state index contributed by atoms with van der Waals surface area (Å²) in [6, 6.07) is 9.46. The Labute approximate surface area is 251 Å². The summed E-state index contributed by atoms with van der Waals surface area (Å²) in [6.07, 6.45) is 7.64. The smallest absolute Gasteiger partial charge is 0.353 e. The molecule has 0 aliphatic carbocycles. The minimum Gasteiger partial charge on any atom is -0.477 e. The molecule has 222 valence electrons. The van der Waals surface area contributed by atoms with Crippen molar-refractivity contribution in [1.82, 2.24) is 24.3 Å². The van der Waals surface area contributed by atoms with Crippen LogP contribution < -0.4 is 27.5 Å². The van der Waals surface area contributed by atoms with Gasteiger partial charge in [-0.2, -0.15) is 5.10 Å². The van der Waals surface area contributed by atoms with Gasteiger partial charge in [0.15, 0.2) is 0 Å². The van der Waals surface area contributed by atoms with Crippen LogP contribution in [0.15, 0.2) is 71.8 Å². The highest BCUT2D eigenvalue weighted by molar-refractivity contribution is 6.31. The van der Waals surface area contributed by atoms with Gasteiger partial charge in [-0.25, -0.2) is 15.6 Å². The Morgan fingerprint density at radius 1 is 1.16 bits per heavy atom. The summed E-state index contributed by atoms with van der Waals surface area (Å²) in [5, 5.41) is 17.8. The predicted molar refractivity (Wildman–Crippen MR) is 162 cm³/mol. The molecule has 4 heterocycles. The largest absolute Gasteiger partial charge is 0.477 e. The summed E-state index contributed by atoms with van der Waals surface area (Å²) in [6.45, 7) is 1.87. The van der Waals surface area contributed by atoms with Gasteiger partial charge in [-0.3, -0.25) is 28.8 Å². The van der Waals surface area contributed by atoms with Crippen LogP contribution in [0.4, 0.5) is 11.4 Å². The Kier molecular flexibility index (Phi) is 8.28. The number of carboxylic acid groups (broad SMARTS) is 1. The summed E-state index contributed by atoms with van der Waals surface area (Å²) >= 11 is 6.26. The molecule has 13 nitrogen and oxygen atoms in total. The summed E-state index contributed by atoms with van der Waals surface area (Å²) < 4.78 is 3.20. The molecule has 2 atom stereocenters. The first-order valence-electron chi connectivity index (χ1n) is 13.4. The molecule has 0 spiro atoms. The van der Waals surface area contributed by atoms with Gasteiger partial charge in [0.25, 0.3) is 5.56 Å². The van der Waals surface area contributed by atoms with E-state index in [2.05, 4.69) is 20.4 Å². The van der Waals surface area contributed by atoms with Crippen LogP contribution in [0.2, 0.25) is 5.02 Å². The van der Waals surface area contributed by atoms with Crippen LogP contribution in [0.3, 0.4) is 0 Å². The van der Waals surface area contributed by atoms with Gasteiger partial charge in [-0.15, -0.1) is 0 Å². The summed E-state index contributed by atoms with van der Waals surface area (Å²) in [7, 11) is 1.78. The molecule has 0 saturated heterocycles. The van der Waals surface area contributed by atoms with Crippen molar-refractivity contribution in [2.24, 2.45) is 24.5 Å². The van der Waals surface area contributed by atoms with Gasteiger partial charge in [0.2, 0.25) is 5.91 Å². The lowest BCUT2D eigenvalue weighted by atomic mass is 9.95. The fraction of sp³-hybridized carbons (Fsp3) is 0.241. The van der Waals surface area contributed by atoms with Crippen molar-refractivity contribution >= 4 is 34.9 Å². The van der Waals surface area contributed by atoms with Crippen molar-refractivity contribution in [3.05, 3.63) is 88.0 Å². The van der Waals surface area contributed by atoms with Crippen LogP contribution in [0.5, 0.6) is 0 Å². The molecule has 1 aliphatic rings. The number of benzene rings is 1. The van der Waals surface area contributed by atoms with Gasteiger partial charge in [-0.1, -0.05) is 24.9 Å². The number of hydrazine groups is 1. The van der Waals surface area contributed by atoms with Gasteiger partial charge in [0.05, 0.1) is 47.5 Å². The van der Waals surface area contributed by atoms with E-state index < -0.39 is 17.7 Å². The molecule has 43 heavy (non-hydrogen) atoms. The van der Waals surface area contributed by atoms with E-state index in [1.807, 2.05) is 19.1 Å². The second-order valence-corrected chi connectivity index (χ2v) is 10.8. The second kappa shape index (κ2) is 12.1. The number of aromatic nitrogens is 5. The van der Waals surface area contributed by atoms with Crippen molar-refractivity contribution < 1.29 is 14.7 Å². The molecule has 5 rings (SSSR count). The van der Waals surface area contributed by atoms with Crippen LogP contribution in [-0.4, -0.2) is 41.3 Å². The third kappa shape index (κ3) is 6.12. The topological polar surface area (TPSA) is 187 Å². The number of carbonyl (C=O) groups is 2. The molecule has 0 fully saturated rings. The third-order valence-electron chi connectivity index (χ3n) is 7.38. The summed E-state index contributed by atoms with van der Waals surface area (Å²) in [5.74, 6) is 4.39. The number of amides is 1. The van der Waals surface area contributed by atoms with Crippen LogP contribution in [0.25, 0.3) is 22.6 Å². The molecular weight excluding hydrogens is 574 g/mol. The lowest BCUT2D eigenvalue weighted by Crippen LogP contribution is -2.29. The molecular formula is C29H30ClN9O4. The molecule has 4 aromatic rings. The Balaban J connectivity index is 1.58. The van der Waals surface area contributed by atoms with E-state index in [1.54, 1.807) is 46.9 Å². The normalized spacial score (nSPS) is 17.3. The highest BCUT2D eigenvalue weighted by atomic mass is 35.5. The average Bonchev–Trinajstić information content (AvgIpc) is 3.34. The molecule has 0 saturated carbocycles. The van der Waals surface area contributed by atoms with Crippen LogP contribution >= 0.6 is 11.6 Å². The Morgan fingerprint density at radius 2 is 1.95 bits per heavy atom. The standard InChI is InChI=1S/C29H30ClN9O4/c1-16-4-3-5-24(17-8-9-33-22(10-17)27-23(36-28(16)41)13-35-37(27)2)38-15-34-21(12-26(38)40)19-11-18(30)6-7-25(19)39(32)14-20(31)29(42)43/h6-16,24H,3-5,31-32H2,1-2H3,(H,36,41)(H,42,43)/b20-14-. The fourth-order valence-corrected chi connectivity index (χ4v) is 5.26. The maximum atomic E-state index is 13.7. The molecule has 2 unspecified atom stereocenters. The lowest BCUT2D eigenvalue weighted by molar-refractivity contribution is -0.132. The number of rotatable bonds is 5. The zero-order valence-corrected chi connectivity index (χ0v) is 24.2. The van der Waals surface area contributed by atoms with Gasteiger partial charge in [0, 0.05) is 35.8 Å². The number of carbonyl (C=O) groups excluding carboxylic acids is 1. The van der Waals surface area contributed by atoms with Gasteiger partial charge in [-0.05, 0) is 48.7 Å². The maximum absolute atomic E-state index is 13.7. The number of pyridine rings is 1. The predicted octanol–water partition coefficient (Wildman–Crippen LogP) is 3.27. The first-order chi connectivity index (χ1) is 20.5. The molecule has 1 aromatic carbocycles. The van der Waals surface area contributed by atoms with Crippen LogP contribution in [-0.2, 0) is 16.6 Å². The van der Waals surface area contributed by atoms with Crippen molar-refractivity contribution in [3.8, 4) is 22.6 Å². The zero-order chi connectivity index (χ0) is 30.8. The quantitative estimate of drug-likeness (QED) is 0.150. The van der Waals surface area contributed by atoms with E-state index in [-0.39, 0.29) is 23.1 Å². The fourth-order valence-electron chi connectivity index (χ4n) is 5.09. The number of hydrogen-bond donors (Lipinski definition) is 4. The minimum atomic E-state index is -1.34. The Bertz CT molecular complexity index is 1800. The third-order valence-corrected chi connectivity index (χ3v) is 7.61. The summed E-state index contributed by atoms with van der Waals surface area (Å²) in [5.41, 5.74) is 8.43. The van der Waals surface area contributed by atoms with Crippen molar-refractivity contribution in [2.45, 2.75) is 32.2 Å². The number of aliphatic carboxylic acids is 1. The molecule has 14 heteroatoms. The number of nitrogens with two attached hydrogens (primary N) is 2. The van der Waals surface area contributed by atoms with Gasteiger partial charge in [0.1, 0.15) is 11.4 Å². The molecule has 0 radical (unpaired) electrons. The highest BCUT2D eigenvalue weighted by Gasteiger charge is 2.24. The minimum absolute atomic E-state index is 0.114. The molecule has 6 N–H and O–H groups in total. The first-order valence-corrected chi connectivity index (χ1v) is 13.8. The SMILES string of the molecule is CC1CCCC(n2cnc(-c3cc(Cl)ccc3N(N)/C=C(\N)C(=O)O)cc2=O)c2ccnc(c2)-c2c(cnn2C)NC1=O. The van der Waals surface area contributed by atoms with Crippen LogP contribution in [0, 0.1) is 5.92 Å². The maximum Gasteiger partial charge on any atom is 0.353 e. The van der Waals surface area contributed by atoms with E-state index in [0.717, 1.165) is 16.8 Å². The molecule has 1 aliphatic heterocycles. The number of nitrogens with one attached hydrogen (secondary N) is 1. The number of hydrogen-bond acceptors (Lipinski definition) is 9. The van der Waals surface area contributed by atoms with Crippen molar-refractivity contribution in [1.29, 1.82) is 0 Å². The van der Waals surface area contributed by atoms with E-state index in [1.165, 1.54) is 12.4 Å². The average molecular weight is 604 g/mol. The monoisotopic (exact) mass is 603 g/mol. The first kappa shape index (κ1) is 29.5. The van der Waals surface area contributed by atoms with Gasteiger partial charge < -0.3 is 16.2 Å². The van der Waals surface area contributed by atoms with E-state index in [4.69, 9.17) is 28.3 Å². The summed E-state index contributed by atoms with van der Waals surface area (Å²) in [4.78, 5) is 46.9. The number of halogens is 1. The highest BCUT2D eigenvalue weighted by Crippen LogP contribution is 2.34. The second-order valence-electron chi connectivity index (χ2n) is 10.3. The Morgan fingerprint density at radius 3 is 2.70 bits per heavy atom. The number of nitrogens with zero attached hydrogens (tertiary/aromatic N) is 6. The van der Waals surface area contributed by atoms with Crippen LogP contribution in [0.1, 0.15) is 37.8 Å². The zero-order valence-electron chi connectivity index (χ0n) is 23.4. The van der Waals surface area contributed by atoms with E-state index >= 15 is 0 Å². The number of carboxylic acids is 1. The lowest BCUT2D eigenvalue weighted by Gasteiger charge is -2.23. The molecule has 1 amide bonds. The van der Waals surface area contributed by atoms with Crippen molar-refractivity contribution in [2.75, 3.05) is 10.3 Å². The number of anilines is 2. The number of aryl methyl sites for hydroxylation is 1. The number of fused-ring (bicyclic) bond motifs is 4. The van der Waals surface area contributed by atoms with E-state index in [9.17, 15) is 14.4 Å². The van der Waals surface area contributed by atoms with Crippen molar-refractivity contribution in [3.63, 3.8) is 0 Å². The molecule has 3 aromatic heterocycles. The Hall–Kier alpha value is -5.01. The van der Waals surface area contributed by atoms with Gasteiger partial charge >= 0.3 is 5.97 Å². The van der Waals surface area contributed by atoms with E-state index in [0.29, 0.717) is 52.6 Å². The molecule has 2 bridgehead atoms.